The number of unbranched alkanes of at least 4 members (excludes halogenated alkanes) is 1. The lowest BCUT2D eigenvalue weighted by Gasteiger charge is -2.22. The van der Waals surface area contributed by atoms with E-state index in [1.807, 2.05) is 19.9 Å². The van der Waals surface area contributed by atoms with Crippen LogP contribution in [-0.4, -0.2) is 48.2 Å². The zero-order valence-electron chi connectivity index (χ0n) is 13.7. The molecule has 1 aromatic heterocycles. The van der Waals surface area contributed by atoms with Crippen LogP contribution in [0.1, 0.15) is 54.5 Å². The van der Waals surface area contributed by atoms with Crippen LogP contribution in [0.3, 0.4) is 0 Å². The first-order valence-electron chi connectivity index (χ1n) is 8.38. The molecule has 2 rings (SSSR count). The van der Waals surface area contributed by atoms with Gasteiger partial charge in [0.25, 0.3) is 5.91 Å². The van der Waals surface area contributed by atoms with Gasteiger partial charge in [-0.1, -0.05) is 6.92 Å². The number of nitrogens with one attached hydrogen (secondary N) is 1. The van der Waals surface area contributed by atoms with Crippen LogP contribution in [0.2, 0.25) is 0 Å². The highest BCUT2D eigenvalue weighted by Crippen LogP contribution is 2.17. The van der Waals surface area contributed by atoms with Crippen molar-refractivity contribution >= 4 is 5.91 Å². The Hall–Kier alpha value is -1.33. The number of amides is 1. The zero-order valence-corrected chi connectivity index (χ0v) is 13.7. The van der Waals surface area contributed by atoms with Crippen LogP contribution in [0.5, 0.6) is 0 Å². The number of carbonyl (C=O) groups is 1. The van der Waals surface area contributed by atoms with Crippen molar-refractivity contribution in [3.63, 3.8) is 0 Å². The summed E-state index contributed by atoms with van der Waals surface area (Å²) in [5.41, 5.74) is 1.04. The third kappa shape index (κ3) is 4.34. The fraction of sp³-hybridized carbons (Fsp3) is 0.706. The van der Waals surface area contributed by atoms with Crippen LogP contribution in [0, 0.1) is 6.92 Å². The molecule has 0 bridgehead atoms. The van der Waals surface area contributed by atoms with E-state index in [2.05, 4.69) is 10.2 Å². The third-order valence-corrected chi connectivity index (χ3v) is 4.43. The van der Waals surface area contributed by atoms with Crippen molar-refractivity contribution in [2.45, 2.75) is 52.0 Å². The molecule has 1 aliphatic heterocycles. The van der Waals surface area contributed by atoms with Gasteiger partial charge in [-0.25, -0.2) is 0 Å². The number of aliphatic hydroxyl groups excluding tert-OH is 1. The van der Waals surface area contributed by atoms with Gasteiger partial charge in [-0.15, -0.1) is 0 Å². The first-order chi connectivity index (χ1) is 10.7. The van der Waals surface area contributed by atoms with Gasteiger partial charge in [-0.3, -0.25) is 9.69 Å². The summed E-state index contributed by atoms with van der Waals surface area (Å²) in [6.07, 6.45) is 5.07. The molecule has 22 heavy (non-hydrogen) atoms. The molecule has 2 N–H and O–H groups in total. The van der Waals surface area contributed by atoms with Crippen LogP contribution < -0.4 is 5.32 Å². The molecule has 1 aliphatic rings. The van der Waals surface area contributed by atoms with Gasteiger partial charge < -0.3 is 14.8 Å². The fourth-order valence-corrected chi connectivity index (χ4v) is 3.11. The van der Waals surface area contributed by atoms with Gasteiger partial charge in [0.1, 0.15) is 5.76 Å². The van der Waals surface area contributed by atoms with Gasteiger partial charge in [0.2, 0.25) is 0 Å². The summed E-state index contributed by atoms with van der Waals surface area (Å²) in [4.78, 5) is 14.3. The van der Waals surface area contributed by atoms with E-state index in [-0.39, 0.29) is 12.5 Å². The summed E-state index contributed by atoms with van der Waals surface area (Å²) in [5, 5.41) is 12.2. The molecule has 1 aromatic rings. The molecule has 1 saturated heterocycles. The van der Waals surface area contributed by atoms with E-state index >= 15 is 0 Å². The Morgan fingerprint density at radius 2 is 2.32 bits per heavy atom. The van der Waals surface area contributed by atoms with Crippen molar-refractivity contribution in [1.29, 1.82) is 0 Å². The maximum atomic E-state index is 12.0. The average Bonchev–Trinajstić information content (AvgIpc) is 3.12. The molecule has 0 saturated carbocycles. The van der Waals surface area contributed by atoms with Gasteiger partial charge in [0.15, 0.2) is 5.76 Å². The molecule has 1 fully saturated rings. The number of likely N-dealkylation sites (tertiary alicyclic amines) is 1. The largest absolute Gasteiger partial charge is 0.456 e. The topological polar surface area (TPSA) is 65.7 Å². The minimum absolute atomic E-state index is 0.128. The highest BCUT2D eigenvalue weighted by Gasteiger charge is 2.22. The minimum atomic E-state index is -0.128. The van der Waals surface area contributed by atoms with Gasteiger partial charge >= 0.3 is 0 Å². The lowest BCUT2D eigenvalue weighted by molar-refractivity contribution is 0.0923. The van der Waals surface area contributed by atoms with Crippen molar-refractivity contribution in [3.8, 4) is 0 Å². The quantitative estimate of drug-likeness (QED) is 0.722. The molecule has 124 valence electrons. The number of rotatable bonds is 8. The summed E-state index contributed by atoms with van der Waals surface area (Å²) < 4.78 is 5.54. The second kappa shape index (κ2) is 8.34. The van der Waals surface area contributed by atoms with Crippen molar-refractivity contribution in [3.05, 3.63) is 23.2 Å². The van der Waals surface area contributed by atoms with Crippen molar-refractivity contribution in [2.75, 3.05) is 26.2 Å². The first kappa shape index (κ1) is 17.0. The summed E-state index contributed by atoms with van der Waals surface area (Å²) in [6, 6.07) is 2.15. The molecule has 1 unspecified atom stereocenters. The van der Waals surface area contributed by atoms with Gasteiger partial charge in [0.05, 0.1) is 6.61 Å². The van der Waals surface area contributed by atoms with Gasteiger partial charge in [-0.05, 0) is 57.3 Å². The van der Waals surface area contributed by atoms with Gasteiger partial charge in [-0.2, -0.15) is 0 Å². The van der Waals surface area contributed by atoms with Crippen molar-refractivity contribution < 1.29 is 14.3 Å². The first-order valence-corrected chi connectivity index (χ1v) is 8.38. The number of furan rings is 1. The molecule has 0 spiro atoms. The zero-order chi connectivity index (χ0) is 15.9. The molecule has 5 heteroatoms. The summed E-state index contributed by atoms with van der Waals surface area (Å²) >= 11 is 0. The van der Waals surface area contributed by atoms with Crippen LogP contribution in [0.15, 0.2) is 10.5 Å². The molecular weight excluding hydrogens is 280 g/mol. The molecule has 1 amide bonds. The lowest BCUT2D eigenvalue weighted by atomic mass is 10.2. The molecule has 1 atom stereocenters. The fourth-order valence-electron chi connectivity index (χ4n) is 3.11. The molecular formula is C17H28N2O3. The van der Waals surface area contributed by atoms with Crippen LogP contribution in [-0.2, 0) is 6.42 Å². The Balaban J connectivity index is 1.64. The number of aryl methyl sites for hydroxylation is 2. The standard InChI is InChI=1S/C17H28N2O3/c1-3-15-13(2)11-16(22-15)17(21)18-8-4-5-9-19-10-6-7-14(19)12-20/h11,14,20H,3-10,12H2,1-2H3,(H,18,21). The summed E-state index contributed by atoms with van der Waals surface area (Å²) in [5.74, 6) is 1.17. The second-order valence-corrected chi connectivity index (χ2v) is 6.05. The molecule has 0 aromatic carbocycles. The normalized spacial score (nSPS) is 18.8. The minimum Gasteiger partial charge on any atom is -0.456 e. The Morgan fingerprint density at radius 3 is 3.00 bits per heavy atom. The second-order valence-electron chi connectivity index (χ2n) is 6.05. The highest BCUT2D eigenvalue weighted by molar-refractivity contribution is 5.91. The van der Waals surface area contributed by atoms with Crippen LogP contribution in [0.25, 0.3) is 0 Å². The summed E-state index contributed by atoms with van der Waals surface area (Å²) in [6.45, 7) is 6.99. The third-order valence-electron chi connectivity index (χ3n) is 4.43. The number of hydrogen-bond donors (Lipinski definition) is 2. The average molecular weight is 308 g/mol. The molecule has 2 heterocycles. The number of hydrogen-bond acceptors (Lipinski definition) is 4. The molecule has 0 radical (unpaired) electrons. The van der Waals surface area contributed by atoms with Crippen molar-refractivity contribution in [1.82, 2.24) is 10.2 Å². The Kier molecular flexibility index (Phi) is 6.46. The van der Waals surface area contributed by atoms with Crippen LogP contribution in [0.4, 0.5) is 0 Å². The predicted molar refractivity (Wildman–Crippen MR) is 86.1 cm³/mol. The Bertz CT molecular complexity index is 484. The van der Waals surface area contributed by atoms with E-state index in [0.717, 1.165) is 50.1 Å². The van der Waals surface area contributed by atoms with Crippen LogP contribution >= 0.6 is 0 Å². The molecule has 5 nitrogen and oxygen atoms in total. The number of carbonyl (C=O) groups excluding carboxylic acids is 1. The van der Waals surface area contributed by atoms with Crippen molar-refractivity contribution in [2.24, 2.45) is 0 Å². The maximum Gasteiger partial charge on any atom is 0.287 e. The smallest absolute Gasteiger partial charge is 0.287 e. The lowest BCUT2D eigenvalue weighted by Crippen LogP contribution is -2.33. The highest BCUT2D eigenvalue weighted by atomic mass is 16.4. The van der Waals surface area contributed by atoms with E-state index in [1.54, 1.807) is 0 Å². The predicted octanol–water partition coefficient (Wildman–Crippen LogP) is 2.12. The number of nitrogens with zero attached hydrogens (tertiary/aromatic N) is 1. The monoisotopic (exact) mass is 308 g/mol. The maximum absolute atomic E-state index is 12.0. The Morgan fingerprint density at radius 1 is 1.50 bits per heavy atom. The van der Waals surface area contributed by atoms with E-state index in [4.69, 9.17) is 4.42 Å². The number of aliphatic hydroxyl groups is 1. The van der Waals surface area contributed by atoms with E-state index in [1.165, 1.54) is 6.42 Å². The summed E-state index contributed by atoms with van der Waals surface area (Å²) in [7, 11) is 0. The SMILES string of the molecule is CCc1oc(C(=O)NCCCCN2CCCC2CO)cc1C. The molecule has 0 aliphatic carbocycles. The van der Waals surface area contributed by atoms with Gasteiger partial charge in [0, 0.05) is 19.0 Å². The van der Waals surface area contributed by atoms with E-state index in [9.17, 15) is 9.90 Å². The van der Waals surface area contributed by atoms with E-state index in [0.29, 0.717) is 18.3 Å². The Labute approximate surface area is 132 Å². The van der Waals surface area contributed by atoms with E-state index < -0.39 is 0 Å².